The van der Waals surface area contributed by atoms with Gasteiger partial charge in [-0.1, -0.05) is 23.9 Å². The molecule has 2 N–H and O–H groups in total. The first kappa shape index (κ1) is 20.4. The number of methoxy groups -OCH3 is 1. The molecule has 10 heteroatoms. The van der Waals surface area contributed by atoms with Crippen LogP contribution in [0.2, 0.25) is 0 Å². The normalized spacial score (nSPS) is 11.7. The zero-order valence-electron chi connectivity index (χ0n) is 15.1. The Kier molecular flexibility index (Phi) is 6.94. The van der Waals surface area contributed by atoms with Crippen molar-refractivity contribution in [2.75, 3.05) is 14.2 Å². The number of benzene rings is 1. The molecule has 0 aliphatic heterocycles. The summed E-state index contributed by atoms with van der Waals surface area (Å²) in [7, 11) is 2.67. The quantitative estimate of drug-likeness (QED) is 0.426. The summed E-state index contributed by atoms with van der Waals surface area (Å²) in [6.45, 7) is 1.66. The first-order valence-corrected chi connectivity index (χ1v) is 9.01. The summed E-state index contributed by atoms with van der Waals surface area (Å²) in [6, 6.07) is 6.20. The highest BCUT2D eigenvalue weighted by Crippen LogP contribution is 2.23. The number of urea groups is 1. The Morgan fingerprint density at radius 1 is 1.30 bits per heavy atom. The van der Waals surface area contributed by atoms with E-state index >= 15 is 0 Å². The van der Waals surface area contributed by atoms with Crippen molar-refractivity contribution in [2.45, 2.75) is 30.3 Å². The number of nitrogens with zero attached hydrogens (tertiary/aromatic N) is 2. The molecule has 0 spiro atoms. The molecule has 0 unspecified atom stereocenters. The second kappa shape index (κ2) is 9.17. The summed E-state index contributed by atoms with van der Waals surface area (Å²) in [4.78, 5) is 52.2. The molecule has 2 rings (SSSR count). The minimum Gasteiger partial charge on any atom is -0.469 e. The number of esters is 1. The summed E-state index contributed by atoms with van der Waals surface area (Å²) in [5.41, 5.74) is 0.170. The first-order chi connectivity index (χ1) is 12.9. The van der Waals surface area contributed by atoms with Crippen molar-refractivity contribution in [3.05, 3.63) is 34.6 Å². The van der Waals surface area contributed by atoms with Crippen molar-refractivity contribution in [1.29, 1.82) is 0 Å². The van der Waals surface area contributed by atoms with E-state index in [-0.39, 0.29) is 23.7 Å². The van der Waals surface area contributed by atoms with Gasteiger partial charge in [0.1, 0.15) is 0 Å². The number of ether oxygens (including phenoxy) is 1. The van der Waals surface area contributed by atoms with E-state index in [1.165, 1.54) is 18.7 Å². The number of rotatable bonds is 6. The third-order valence-corrected chi connectivity index (χ3v) is 4.80. The zero-order valence-corrected chi connectivity index (χ0v) is 16.0. The Balaban J connectivity index is 2.37. The van der Waals surface area contributed by atoms with E-state index in [1.807, 2.05) is 0 Å². The highest BCUT2D eigenvalue weighted by atomic mass is 32.2. The summed E-state index contributed by atoms with van der Waals surface area (Å²) < 4.78 is 5.97. The maximum atomic E-state index is 12.8. The third-order valence-electron chi connectivity index (χ3n) is 3.71. The molecule has 27 heavy (non-hydrogen) atoms. The minimum absolute atomic E-state index is 0.0111. The Hall–Kier alpha value is -2.88. The van der Waals surface area contributed by atoms with Crippen molar-refractivity contribution in [2.24, 2.45) is 0 Å². The molecule has 0 radical (unpaired) electrons. The van der Waals surface area contributed by atoms with E-state index in [9.17, 15) is 19.2 Å². The minimum atomic E-state index is -0.695. The number of carbonyl (C=O) groups excluding carboxylic acids is 3. The van der Waals surface area contributed by atoms with E-state index in [4.69, 9.17) is 0 Å². The number of hydrogen-bond acceptors (Lipinski definition) is 7. The molecule has 0 aliphatic carbocycles. The van der Waals surface area contributed by atoms with Crippen LogP contribution in [0.25, 0.3) is 10.9 Å². The van der Waals surface area contributed by atoms with Crippen LogP contribution in [-0.4, -0.2) is 46.9 Å². The summed E-state index contributed by atoms with van der Waals surface area (Å²) in [5, 5.41) is 4.47. The summed E-state index contributed by atoms with van der Waals surface area (Å²) >= 11 is 1.03. The van der Waals surface area contributed by atoms with Gasteiger partial charge in [0.05, 0.1) is 29.7 Å². The number of aromatic nitrogens is 2. The van der Waals surface area contributed by atoms with Crippen LogP contribution in [0.4, 0.5) is 4.79 Å². The zero-order chi connectivity index (χ0) is 20.0. The predicted octanol–water partition coefficient (Wildman–Crippen LogP) is 0.896. The maximum absolute atomic E-state index is 12.8. The molecule has 1 aromatic carbocycles. The molecule has 0 bridgehead atoms. The lowest BCUT2D eigenvalue weighted by atomic mass is 10.2. The fourth-order valence-electron chi connectivity index (χ4n) is 2.23. The molecule has 0 saturated carbocycles. The van der Waals surface area contributed by atoms with Gasteiger partial charge < -0.3 is 10.1 Å². The highest BCUT2D eigenvalue weighted by molar-refractivity contribution is 8.00. The van der Waals surface area contributed by atoms with Crippen LogP contribution in [0.1, 0.15) is 13.3 Å². The van der Waals surface area contributed by atoms with E-state index in [0.717, 1.165) is 11.8 Å². The molecule has 2 aromatic rings. The number of hydrogen-bond donors (Lipinski definition) is 2. The molecule has 0 aliphatic rings. The lowest BCUT2D eigenvalue weighted by Crippen LogP contribution is -2.41. The Labute approximate surface area is 159 Å². The number of thioether (sulfide) groups is 1. The maximum Gasteiger partial charge on any atom is 0.321 e. The van der Waals surface area contributed by atoms with Crippen LogP contribution in [0, 0.1) is 0 Å². The van der Waals surface area contributed by atoms with Gasteiger partial charge in [-0.3, -0.25) is 24.3 Å². The van der Waals surface area contributed by atoms with Crippen molar-refractivity contribution >= 4 is 40.6 Å². The van der Waals surface area contributed by atoms with Gasteiger partial charge in [-0.2, -0.15) is 0 Å². The fraction of sp³-hybridized carbons (Fsp3) is 0.353. The van der Waals surface area contributed by atoms with Crippen LogP contribution >= 0.6 is 11.8 Å². The van der Waals surface area contributed by atoms with Crippen LogP contribution in [0.3, 0.4) is 0 Å². The van der Waals surface area contributed by atoms with Gasteiger partial charge in [0, 0.05) is 13.6 Å². The van der Waals surface area contributed by atoms with Crippen LogP contribution in [0.15, 0.2) is 34.2 Å². The molecule has 0 fully saturated rings. The first-order valence-electron chi connectivity index (χ1n) is 8.13. The molecule has 144 valence electrons. The van der Waals surface area contributed by atoms with E-state index in [1.54, 1.807) is 31.2 Å². The van der Waals surface area contributed by atoms with Gasteiger partial charge in [0.2, 0.25) is 5.91 Å². The van der Waals surface area contributed by atoms with Gasteiger partial charge in [-0.25, -0.2) is 9.78 Å². The standard InChI is InChI=1S/C17H20N4O5S/c1-10(14(23)20-16(25)18-2)27-17-19-12-7-5-4-6-11(12)15(24)21(17)9-8-13(22)26-3/h4-7,10H,8-9H2,1-3H3,(H2,18,20,23,25)/t10-/m0/s1. The lowest BCUT2D eigenvalue weighted by molar-refractivity contribution is -0.140. The molecule has 0 saturated heterocycles. The average Bonchev–Trinajstić information content (AvgIpc) is 2.67. The Morgan fingerprint density at radius 2 is 2.00 bits per heavy atom. The van der Waals surface area contributed by atoms with E-state index in [0.29, 0.717) is 10.9 Å². The molecule has 1 aromatic heterocycles. The van der Waals surface area contributed by atoms with Crippen molar-refractivity contribution in [3.8, 4) is 0 Å². The molecule has 1 atom stereocenters. The van der Waals surface area contributed by atoms with Gasteiger partial charge in [-0.05, 0) is 19.1 Å². The smallest absolute Gasteiger partial charge is 0.321 e. The summed E-state index contributed by atoms with van der Waals surface area (Å²) in [6.07, 6.45) is -0.0111. The van der Waals surface area contributed by atoms with Gasteiger partial charge in [-0.15, -0.1) is 0 Å². The number of para-hydroxylation sites is 1. The average molecular weight is 392 g/mol. The SMILES string of the molecule is CNC(=O)NC(=O)[C@H](C)Sc1nc2ccccc2c(=O)n1CCC(=O)OC. The number of amides is 3. The second-order valence-electron chi connectivity index (χ2n) is 5.52. The molecular formula is C17H20N4O5S. The monoisotopic (exact) mass is 392 g/mol. The number of fused-ring (bicyclic) bond motifs is 1. The molecule has 9 nitrogen and oxygen atoms in total. The second-order valence-corrected chi connectivity index (χ2v) is 6.83. The number of carbonyl (C=O) groups is 3. The van der Waals surface area contributed by atoms with Crippen molar-refractivity contribution in [1.82, 2.24) is 20.2 Å². The van der Waals surface area contributed by atoms with Gasteiger partial charge >= 0.3 is 12.0 Å². The largest absolute Gasteiger partial charge is 0.469 e. The number of imide groups is 1. The molecular weight excluding hydrogens is 372 g/mol. The van der Waals surface area contributed by atoms with Crippen LogP contribution in [-0.2, 0) is 20.9 Å². The van der Waals surface area contributed by atoms with Crippen molar-refractivity contribution in [3.63, 3.8) is 0 Å². The summed E-state index contributed by atoms with van der Waals surface area (Å²) in [5.74, 6) is -0.988. The Bertz CT molecular complexity index is 927. The predicted molar refractivity (Wildman–Crippen MR) is 101 cm³/mol. The molecule has 1 heterocycles. The van der Waals surface area contributed by atoms with Crippen LogP contribution in [0.5, 0.6) is 0 Å². The van der Waals surface area contributed by atoms with Gasteiger partial charge in [0.25, 0.3) is 5.56 Å². The van der Waals surface area contributed by atoms with E-state index in [2.05, 4.69) is 20.4 Å². The van der Waals surface area contributed by atoms with Gasteiger partial charge in [0.15, 0.2) is 5.16 Å². The topological polar surface area (TPSA) is 119 Å². The van der Waals surface area contributed by atoms with Crippen LogP contribution < -0.4 is 16.2 Å². The van der Waals surface area contributed by atoms with Crippen molar-refractivity contribution < 1.29 is 19.1 Å². The third kappa shape index (κ3) is 5.07. The molecule has 3 amide bonds. The van der Waals surface area contributed by atoms with E-state index < -0.39 is 23.2 Å². The number of nitrogens with one attached hydrogen (secondary N) is 2. The highest BCUT2D eigenvalue weighted by Gasteiger charge is 2.21. The lowest BCUT2D eigenvalue weighted by Gasteiger charge is -2.15. The Morgan fingerprint density at radius 3 is 2.67 bits per heavy atom. The fourth-order valence-corrected chi connectivity index (χ4v) is 3.16.